The van der Waals surface area contributed by atoms with Gasteiger partial charge in [0.15, 0.2) is 5.65 Å². The second kappa shape index (κ2) is 5.35. The van der Waals surface area contributed by atoms with Gasteiger partial charge in [-0.15, -0.1) is 0 Å². The van der Waals surface area contributed by atoms with Crippen molar-refractivity contribution in [2.24, 2.45) is 0 Å². The number of fused-ring (bicyclic) bond motifs is 14. The monoisotopic (exact) mass is 396 g/mol. The number of aromatic nitrogens is 4. The quantitative estimate of drug-likeness (QED) is 0.315. The summed E-state index contributed by atoms with van der Waals surface area (Å²) >= 11 is 0. The number of imidazole rings is 1. The fourth-order valence-electron chi connectivity index (χ4n) is 5.66. The van der Waals surface area contributed by atoms with E-state index < -0.39 is 0 Å². The topological polar surface area (TPSA) is 43.1 Å². The van der Waals surface area contributed by atoms with E-state index in [0.29, 0.717) is 0 Å². The predicted molar refractivity (Wildman–Crippen MR) is 122 cm³/mol. The summed E-state index contributed by atoms with van der Waals surface area (Å²) in [6, 6.07) is 21.6. The molecule has 2 aromatic carbocycles. The zero-order valence-corrected chi connectivity index (χ0v) is 16.6. The van der Waals surface area contributed by atoms with Gasteiger partial charge in [0.1, 0.15) is 5.52 Å². The zero-order chi connectivity index (χ0) is 20.1. The molecule has 0 aliphatic heterocycles. The van der Waals surface area contributed by atoms with Crippen molar-refractivity contribution in [2.45, 2.75) is 12.8 Å². The van der Waals surface area contributed by atoms with E-state index >= 15 is 0 Å². The van der Waals surface area contributed by atoms with Gasteiger partial charge in [0.25, 0.3) is 0 Å². The van der Waals surface area contributed by atoms with Gasteiger partial charge in [0.2, 0.25) is 0 Å². The summed E-state index contributed by atoms with van der Waals surface area (Å²) in [5, 5.41) is 1.05. The minimum Gasteiger partial charge on any atom is -0.292 e. The fraction of sp³-hybridized carbons (Fsp3) is 0.0741. The number of benzene rings is 2. The Hall–Kier alpha value is -4.05. The Kier molecular flexibility index (Phi) is 2.72. The lowest BCUT2D eigenvalue weighted by atomic mass is 9.96. The van der Waals surface area contributed by atoms with Crippen molar-refractivity contribution in [2.75, 3.05) is 0 Å². The SMILES string of the molecule is c1ccc2c(c1)Cc1ccc3c(c1-2)-c1nc2c4ncccc4c4ncccc4n2c1C3. The number of nitrogens with zero attached hydrogens (tertiary/aromatic N) is 4. The first-order valence-electron chi connectivity index (χ1n) is 10.6. The number of pyridine rings is 3. The molecule has 0 atom stereocenters. The molecule has 0 bridgehead atoms. The molecular weight excluding hydrogens is 380 g/mol. The molecule has 4 heteroatoms. The molecule has 0 spiro atoms. The van der Waals surface area contributed by atoms with Crippen molar-refractivity contribution in [1.82, 2.24) is 19.4 Å². The van der Waals surface area contributed by atoms with Gasteiger partial charge < -0.3 is 0 Å². The van der Waals surface area contributed by atoms with Gasteiger partial charge in [-0.1, -0.05) is 36.4 Å². The highest BCUT2D eigenvalue weighted by atomic mass is 15.1. The fourth-order valence-corrected chi connectivity index (χ4v) is 5.66. The Morgan fingerprint density at radius 3 is 2.42 bits per heavy atom. The van der Waals surface area contributed by atoms with E-state index in [9.17, 15) is 0 Å². The van der Waals surface area contributed by atoms with Gasteiger partial charge >= 0.3 is 0 Å². The lowest BCUT2D eigenvalue weighted by Gasteiger charge is -2.09. The molecule has 0 fully saturated rings. The van der Waals surface area contributed by atoms with E-state index in [0.717, 1.165) is 46.1 Å². The second-order valence-corrected chi connectivity index (χ2v) is 8.48. The van der Waals surface area contributed by atoms with Crippen molar-refractivity contribution >= 4 is 27.6 Å². The average molecular weight is 396 g/mol. The van der Waals surface area contributed by atoms with Gasteiger partial charge in [-0.05, 0) is 58.5 Å². The largest absolute Gasteiger partial charge is 0.292 e. The van der Waals surface area contributed by atoms with Crippen molar-refractivity contribution in [3.63, 3.8) is 0 Å². The van der Waals surface area contributed by atoms with Crippen LogP contribution in [0.15, 0.2) is 73.1 Å². The average Bonchev–Trinajstić information content (AvgIpc) is 3.48. The summed E-state index contributed by atoms with van der Waals surface area (Å²) < 4.78 is 2.29. The van der Waals surface area contributed by atoms with Crippen LogP contribution < -0.4 is 0 Å². The molecule has 0 unspecified atom stereocenters. The van der Waals surface area contributed by atoms with Crippen LogP contribution in [0.1, 0.15) is 22.4 Å². The summed E-state index contributed by atoms with van der Waals surface area (Å²) in [7, 11) is 0. The van der Waals surface area contributed by atoms with Crippen molar-refractivity contribution in [3.8, 4) is 22.4 Å². The molecule has 2 aliphatic rings. The van der Waals surface area contributed by atoms with Crippen molar-refractivity contribution in [3.05, 3.63) is 95.4 Å². The van der Waals surface area contributed by atoms with E-state index in [1.54, 1.807) is 0 Å². The summed E-state index contributed by atoms with van der Waals surface area (Å²) in [5.74, 6) is 0. The van der Waals surface area contributed by atoms with E-state index in [4.69, 9.17) is 15.0 Å². The van der Waals surface area contributed by atoms with Crippen molar-refractivity contribution < 1.29 is 0 Å². The zero-order valence-electron chi connectivity index (χ0n) is 16.6. The first kappa shape index (κ1) is 15.7. The molecule has 31 heavy (non-hydrogen) atoms. The molecule has 2 aliphatic carbocycles. The minimum absolute atomic E-state index is 0.879. The molecule has 0 saturated carbocycles. The Morgan fingerprint density at radius 2 is 1.48 bits per heavy atom. The summed E-state index contributed by atoms with van der Waals surface area (Å²) in [4.78, 5) is 14.7. The first-order chi connectivity index (χ1) is 15.4. The Labute approximate surface area is 177 Å². The van der Waals surface area contributed by atoms with Crippen LogP contribution >= 0.6 is 0 Å². The molecule has 4 heterocycles. The number of hydrogen-bond donors (Lipinski definition) is 0. The third-order valence-corrected chi connectivity index (χ3v) is 6.91. The number of rotatable bonds is 0. The maximum Gasteiger partial charge on any atom is 0.164 e. The molecule has 4 nitrogen and oxygen atoms in total. The highest BCUT2D eigenvalue weighted by molar-refractivity contribution is 6.09. The normalized spacial score (nSPS) is 13.5. The highest BCUT2D eigenvalue weighted by Crippen LogP contribution is 2.49. The lowest BCUT2D eigenvalue weighted by Crippen LogP contribution is -1.98. The molecular formula is C27H16N4. The maximum absolute atomic E-state index is 5.24. The van der Waals surface area contributed by atoms with Crippen LogP contribution in [-0.4, -0.2) is 19.4 Å². The molecule has 0 radical (unpaired) electrons. The smallest absolute Gasteiger partial charge is 0.164 e. The number of hydrogen-bond acceptors (Lipinski definition) is 3. The molecule has 8 rings (SSSR count). The molecule has 6 aromatic rings. The summed E-state index contributed by atoms with van der Waals surface area (Å²) in [6.07, 6.45) is 5.58. The van der Waals surface area contributed by atoms with Gasteiger partial charge in [-0.2, -0.15) is 0 Å². The van der Waals surface area contributed by atoms with Crippen molar-refractivity contribution in [1.29, 1.82) is 0 Å². The first-order valence-corrected chi connectivity index (χ1v) is 10.6. The van der Waals surface area contributed by atoms with Gasteiger partial charge in [0, 0.05) is 29.8 Å². The highest BCUT2D eigenvalue weighted by Gasteiger charge is 2.32. The van der Waals surface area contributed by atoms with Crippen LogP contribution in [0.25, 0.3) is 50.0 Å². The second-order valence-electron chi connectivity index (χ2n) is 8.48. The van der Waals surface area contributed by atoms with Gasteiger partial charge in [-0.3, -0.25) is 14.4 Å². The van der Waals surface area contributed by atoms with Crippen LogP contribution in [0.4, 0.5) is 0 Å². The van der Waals surface area contributed by atoms with Crippen LogP contribution in [0.2, 0.25) is 0 Å². The Morgan fingerprint density at radius 1 is 0.677 bits per heavy atom. The molecule has 144 valence electrons. The predicted octanol–water partition coefficient (Wildman–Crippen LogP) is 5.57. The third-order valence-electron chi connectivity index (χ3n) is 6.91. The molecule has 0 amide bonds. The van der Waals surface area contributed by atoms with Crippen LogP contribution in [-0.2, 0) is 12.8 Å². The lowest BCUT2D eigenvalue weighted by molar-refractivity contribution is 1.09. The Bertz CT molecular complexity index is 1740. The third kappa shape index (κ3) is 1.84. The Balaban J connectivity index is 1.55. The maximum atomic E-state index is 5.24. The van der Waals surface area contributed by atoms with Crippen LogP contribution in [0.5, 0.6) is 0 Å². The molecule has 0 saturated heterocycles. The standard InChI is InChI=1S/C27H16N4/c1-2-6-18-15(5-1)13-16-9-10-17-14-21-26(23(17)22(16)18)30-27-25-19(7-3-11-29-25)24-20(31(21)27)8-4-12-28-24/h1-12H,13-14H2. The van der Waals surface area contributed by atoms with Gasteiger partial charge in [-0.25, -0.2) is 4.98 Å². The van der Waals surface area contributed by atoms with E-state index in [2.05, 4.69) is 52.9 Å². The molecule has 4 aromatic heterocycles. The molecule has 0 N–H and O–H groups in total. The van der Waals surface area contributed by atoms with E-state index in [-0.39, 0.29) is 0 Å². The van der Waals surface area contributed by atoms with Crippen LogP contribution in [0, 0.1) is 0 Å². The minimum atomic E-state index is 0.879. The van der Waals surface area contributed by atoms with E-state index in [1.807, 2.05) is 24.5 Å². The van der Waals surface area contributed by atoms with E-state index in [1.165, 1.54) is 39.1 Å². The summed E-state index contributed by atoms with van der Waals surface area (Å²) in [6.45, 7) is 0. The van der Waals surface area contributed by atoms with Gasteiger partial charge in [0.05, 0.1) is 22.4 Å². The summed E-state index contributed by atoms with van der Waals surface area (Å²) in [5.41, 5.74) is 14.5. The van der Waals surface area contributed by atoms with Crippen LogP contribution in [0.3, 0.4) is 0 Å².